The zero-order chi connectivity index (χ0) is 16.4. The van der Waals surface area contributed by atoms with Crippen molar-refractivity contribution >= 4 is 5.96 Å². The average molecular weight is 313 g/mol. The fourth-order valence-corrected chi connectivity index (χ4v) is 2.71. The Morgan fingerprint density at radius 1 is 1.27 bits per heavy atom. The molecular weight excluding hydrogens is 276 g/mol. The van der Waals surface area contributed by atoms with Crippen LogP contribution >= 0.6 is 0 Å². The van der Waals surface area contributed by atoms with E-state index >= 15 is 0 Å². The van der Waals surface area contributed by atoms with Crippen molar-refractivity contribution in [1.82, 2.24) is 15.5 Å². The number of likely N-dealkylation sites (tertiary alicyclic amines) is 1. The summed E-state index contributed by atoms with van der Waals surface area (Å²) in [5.74, 6) is 1.56. The smallest absolute Gasteiger partial charge is 0.191 e. The number of nitrogens with zero attached hydrogens (tertiary/aromatic N) is 2. The maximum Gasteiger partial charge on any atom is 0.191 e. The maximum absolute atomic E-state index is 5.57. The molecule has 130 valence electrons. The molecule has 0 radical (unpaired) electrons. The summed E-state index contributed by atoms with van der Waals surface area (Å²) < 4.78 is 5.57. The fraction of sp³-hybridized carbons (Fsp3) is 0.941. The molecule has 0 aromatic carbocycles. The van der Waals surface area contributed by atoms with Crippen LogP contribution < -0.4 is 10.6 Å². The molecule has 1 heterocycles. The van der Waals surface area contributed by atoms with Crippen LogP contribution in [-0.4, -0.2) is 62.8 Å². The summed E-state index contributed by atoms with van der Waals surface area (Å²) in [5, 5.41) is 6.96. The van der Waals surface area contributed by atoms with E-state index < -0.39 is 0 Å². The van der Waals surface area contributed by atoms with Crippen molar-refractivity contribution in [2.45, 2.75) is 59.0 Å². The molecule has 1 fully saturated rings. The van der Waals surface area contributed by atoms with Crippen molar-refractivity contribution in [3.8, 4) is 0 Å². The summed E-state index contributed by atoms with van der Waals surface area (Å²) in [6.45, 7) is 13.9. The molecule has 1 aliphatic rings. The average Bonchev–Trinajstić information content (AvgIpc) is 2.86. The highest BCUT2D eigenvalue weighted by Gasteiger charge is 2.31. The van der Waals surface area contributed by atoms with Gasteiger partial charge in [-0.25, -0.2) is 0 Å². The molecule has 0 spiro atoms. The lowest BCUT2D eigenvalue weighted by molar-refractivity contribution is 0.129. The van der Waals surface area contributed by atoms with Gasteiger partial charge in [0.2, 0.25) is 0 Å². The molecule has 0 saturated carbocycles. The zero-order valence-corrected chi connectivity index (χ0v) is 15.2. The van der Waals surface area contributed by atoms with Crippen molar-refractivity contribution in [2.75, 3.05) is 39.9 Å². The molecule has 1 aliphatic heterocycles. The van der Waals surface area contributed by atoms with Crippen LogP contribution in [0, 0.1) is 5.92 Å². The first-order valence-corrected chi connectivity index (χ1v) is 8.87. The van der Waals surface area contributed by atoms with E-state index in [9.17, 15) is 0 Å². The minimum absolute atomic E-state index is 0.481. The molecule has 0 bridgehead atoms. The molecule has 0 aromatic heterocycles. The first-order valence-electron chi connectivity index (χ1n) is 8.87. The summed E-state index contributed by atoms with van der Waals surface area (Å²) in [7, 11) is 1.84. The van der Waals surface area contributed by atoms with E-state index in [0.29, 0.717) is 18.0 Å². The van der Waals surface area contributed by atoms with Gasteiger partial charge in [0.15, 0.2) is 5.96 Å². The molecule has 2 N–H and O–H groups in total. The quantitative estimate of drug-likeness (QED) is 0.389. The van der Waals surface area contributed by atoms with Gasteiger partial charge >= 0.3 is 0 Å². The number of guanidine groups is 1. The third kappa shape index (κ3) is 6.97. The second kappa shape index (κ2) is 10.8. The van der Waals surface area contributed by atoms with Crippen molar-refractivity contribution in [3.63, 3.8) is 0 Å². The molecule has 0 aliphatic carbocycles. The molecule has 5 heteroatoms. The van der Waals surface area contributed by atoms with E-state index in [0.717, 1.165) is 51.6 Å². The highest BCUT2D eigenvalue weighted by Crippen LogP contribution is 2.18. The predicted octanol–water partition coefficient (Wildman–Crippen LogP) is 2.09. The number of rotatable bonds is 9. The lowest BCUT2D eigenvalue weighted by atomic mass is 10.1. The van der Waals surface area contributed by atoms with Crippen LogP contribution in [0.25, 0.3) is 0 Å². The molecule has 1 saturated heterocycles. The van der Waals surface area contributed by atoms with E-state index in [-0.39, 0.29) is 0 Å². The van der Waals surface area contributed by atoms with Gasteiger partial charge in [0.05, 0.1) is 0 Å². The standard InChI is InChI=1S/C17H36N4O/c1-6-7-10-22-11-8-9-19-17(18-5)20-16-13-21(14(2)3)12-15(16)4/h14-16H,6-13H2,1-5H3,(H2,18,19,20). The van der Waals surface area contributed by atoms with Crippen molar-refractivity contribution in [1.29, 1.82) is 0 Å². The van der Waals surface area contributed by atoms with Crippen LogP contribution in [0.2, 0.25) is 0 Å². The molecular formula is C17H36N4O. The van der Waals surface area contributed by atoms with Crippen LogP contribution in [0.15, 0.2) is 4.99 Å². The predicted molar refractivity (Wildman–Crippen MR) is 94.5 cm³/mol. The molecule has 22 heavy (non-hydrogen) atoms. The second-order valence-corrected chi connectivity index (χ2v) is 6.59. The number of nitrogens with one attached hydrogen (secondary N) is 2. The van der Waals surface area contributed by atoms with E-state index in [1.165, 1.54) is 6.42 Å². The van der Waals surface area contributed by atoms with Gasteiger partial charge in [0.1, 0.15) is 0 Å². The Kier molecular flexibility index (Phi) is 9.48. The third-order valence-electron chi connectivity index (χ3n) is 4.32. The number of hydrogen-bond donors (Lipinski definition) is 2. The van der Waals surface area contributed by atoms with Gasteiger partial charge in [0, 0.05) is 52.0 Å². The van der Waals surface area contributed by atoms with Crippen LogP contribution in [0.4, 0.5) is 0 Å². The molecule has 0 amide bonds. The van der Waals surface area contributed by atoms with E-state index in [4.69, 9.17) is 4.74 Å². The number of ether oxygens (including phenoxy) is 1. The highest BCUT2D eigenvalue weighted by molar-refractivity contribution is 5.80. The van der Waals surface area contributed by atoms with Crippen molar-refractivity contribution in [3.05, 3.63) is 0 Å². The Morgan fingerprint density at radius 3 is 2.59 bits per heavy atom. The summed E-state index contributed by atoms with van der Waals surface area (Å²) >= 11 is 0. The van der Waals surface area contributed by atoms with E-state index in [1.54, 1.807) is 0 Å². The lowest BCUT2D eigenvalue weighted by Crippen LogP contribution is -2.47. The molecule has 2 atom stereocenters. The Labute approximate surface area is 136 Å². The van der Waals surface area contributed by atoms with Gasteiger partial charge in [-0.05, 0) is 32.6 Å². The number of unbranched alkanes of at least 4 members (excludes halogenated alkanes) is 1. The Hall–Kier alpha value is -0.810. The summed E-state index contributed by atoms with van der Waals surface area (Å²) in [4.78, 5) is 6.86. The Morgan fingerprint density at radius 2 is 2.00 bits per heavy atom. The van der Waals surface area contributed by atoms with Crippen LogP contribution in [0.1, 0.15) is 47.0 Å². The van der Waals surface area contributed by atoms with E-state index in [2.05, 4.69) is 48.2 Å². The van der Waals surface area contributed by atoms with Crippen LogP contribution in [-0.2, 0) is 4.74 Å². The van der Waals surface area contributed by atoms with E-state index in [1.807, 2.05) is 7.05 Å². The Bertz CT molecular complexity index is 320. The third-order valence-corrected chi connectivity index (χ3v) is 4.32. The summed E-state index contributed by atoms with van der Waals surface area (Å²) in [5.41, 5.74) is 0. The van der Waals surface area contributed by atoms with Crippen molar-refractivity contribution in [2.24, 2.45) is 10.9 Å². The first kappa shape index (κ1) is 19.2. The Balaban J connectivity index is 2.20. The van der Waals surface area contributed by atoms with Gasteiger partial charge < -0.3 is 15.4 Å². The van der Waals surface area contributed by atoms with Gasteiger partial charge in [-0.15, -0.1) is 0 Å². The first-order chi connectivity index (χ1) is 10.6. The summed E-state index contributed by atoms with van der Waals surface area (Å²) in [6.07, 6.45) is 3.37. The molecule has 1 rings (SSSR count). The minimum Gasteiger partial charge on any atom is -0.381 e. The lowest BCUT2D eigenvalue weighted by Gasteiger charge is -2.22. The van der Waals surface area contributed by atoms with Gasteiger partial charge in [0.25, 0.3) is 0 Å². The monoisotopic (exact) mass is 312 g/mol. The topological polar surface area (TPSA) is 48.9 Å². The van der Waals surface area contributed by atoms with Gasteiger partial charge in [-0.1, -0.05) is 20.3 Å². The fourth-order valence-electron chi connectivity index (χ4n) is 2.71. The van der Waals surface area contributed by atoms with Crippen LogP contribution in [0.5, 0.6) is 0 Å². The highest BCUT2D eigenvalue weighted by atomic mass is 16.5. The zero-order valence-electron chi connectivity index (χ0n) is 15.2. The van der Waals surface area contributed by atoms with Gasteiger partial charge in [-0.3, -0.25) is 9.89 Å². The largest absolute Gasteiger partial charge is 0.381 e. The normalized spacial score (nSPS) is 23.3. The summed E-state index contributed by atoms with van der Waals surface area (Å²) in [6, 6.07) is 1.10. The minimum atomic E-state index is 0.481. The number of hydrogen-bond acceptors (Lipinski definition) is 3. The SMILES string of the molecule is CCCCOCCCNC(=NC)NC1CN(C(C)C)CC1C. The molecule has 0 aromatic rings. The van der Waals surface area contributed by atoms with Gasteiger partial charge in [-0.2, -0.15) is 0 Å². The maximum atomic E-state index is 5.57. The second-order valence-electron chi connectivity index (χ2n) is 6.59. The van der Waals surface area contributed by atoms with Crippen molar-refractivity contribution < 1.29 is 4.74 Å². The molecule has 2 unspecified atom stereocenters. The van der Waals surface area contributed by atoms with Crippen LogP contribution in [0.3, 0.4) is 0 Å². The molecule has 5 nitrogen and oxygen atoms in total. The number of aliphatic imine (C=N–C) groups is 1.